The third kappa shape index (κ3) is 13.1. The number of pyridine rings is 2. The lowest BCUT2D eigenvalue weighted by molar-refractivity contribution is -0.697. The van der Waals surface area contributed by atoms with E-state index in [0.717, 1.165) is 13.1 Å². The van der Waals surface area contributed by atoms with Gasteiger partial charge in [-0.15, -0.1) is 0 Å². The molecule has 0 fully saturated rings. The molecule has 0 saturated heterocycles. The average Bonchev–Trinajstić information content (AvgIpc) is 2.75. The van der Waals surface area contributed by atoms with E-state index in [1.54, 1.807) is 0 Å². The molecule has 0 saturated carbocycles. The summed E-state index contributed by atoms with van der Waals surface area (Å²) >= 11 is 0. The number of unbranched alkanes of at least 4 members (excludes halogenated alkanes) is 9. The molecule has 4 heteroatoms. The minimum absolute atomic E-state index is 0. The van der Waals surface area contributed by atoms with Crippen LogP contribution in [0.2, 0.25) is 0 Å². The van der Waals surface area contributed by atoms with Crippen LogP contribution < -0.4 is 43.1 Å². The molecule has 2 aromatic heterocycles. The van der Waals surface area contributed by atoms with Crippen molar-refractivity contribution in [1.82, 2.24) is 0 Å². The van der Waals surface area contributed by atoms with Crippen molar-refractivity contribution in [2.45, 2.75) is 117 Å². The SMILES string of the molecule is CC(C)c1cc[n+](CCCCCCCCCCCC[n+]2ccc(C(C)C)cc2)cc1.[Br-].[Br-]. The largest absolute Gasteiger partial charge is 1.00 e. The fraction of sp³-hybridized carbons (Fsp3) is 0.643. The molecule has 2 nitrogen and oxygen atoms in total. The van der Waals surface area contributed by atoms with E-state index in [1.807, 2.05) is 0 Å². The van der Waals surface area contributed by atoms with E-state index in [2.05, 4.69) is 85.9 Å². The Bertz CT molecular complexity index is 620. The molecule has 0 atom stereocenters. The Morgan fingerprint density at radius 2 is 0.719 bits per heavy atom. The summed E-state index contributed by atoms with van der Waals surface area (Å²) in [5.74, 6) is 1.25. The summed E-state index contributed by atoms with van der Waals surface area (Å²) in [5.41, 5.74) is 2.87. The molecule has 0 aromatic carbocycles. The monoisotopic (exact) mass is 568 g/mol. The number of hydrogen-bond donors (Lipinski definition) is 0. The number of hydrogen-bond acceptors (Lipinski definition) is 0. The highest BCUT2D eigenvalue weighted by Crippen LogP contribution is 2.13. The Kier molecular flexibility index (Phi) is 18.2. The average molecular weight is 570 g/mol. The normalized spacial score (nSPS) is 10.8. The molecule has 2 rings (SSSR count). The summed E-state index contributed by atoms with van der Waals surface area (Å²) in [4.78, 5) is 0. The Labute approximate surface area is 219 Å². The number of nitrogens with zero attached hydrogens (tertiary/aromatic N) is 2. The Morgan fingerprint density at radius 3 is 0.969 bits per heavy atom. The van der Waals surface area contributed by atoms with Gasteiger partial charge in [0.25, 0.3) is 0 Å². The number of halogens is 2. The Morgan fingerprint density at radius 1 is 0.469 bits per heavy atom. The van der Waals surface area contributed by atoms with Crippen LogP contribution in [0.15, 0.2) is 49.1 Å². The summed E-state index contributed by atoms with van der Waals surface area (Å²) in [6.07, 6.45) is 22.8. The van der Waals surface area contributed by atoms with Crippen molar-refractivity contribution in [3.8, 4) is 0 Å². The van der Waals surface area contributed by atoms with Gasteiger partial charge < -0.3 is 34.0 Å². The van der Waals surface area contributed by atoms with Crippen LogP contribution in [0.3, 0.4) is 0 Å². The van der Waals surface area contributed by atoms with Gasteiger partial charge in [0.15, 0.2) is 24.8 Å². The van der Waals surface area contributed by atoms with E-state index < -0.39 is 0 Å². The molecule has 0 unspecified atom stereocenters. The van der Waals surface area contributed by atoms with Crippen LogP contribution in [-0.2, 0) is 13.1 Å². The Balaban J connectivity index is 0.00000480. The van der Waals surface area contributed by atoms with Crippen molar-refractivity contribution >= 4 is 0 Å². The zero-order chi connectivity index (χ0) is 21.6. The lowest BCUT2D eigenvalue weighted by Crippen LogP contribution is -3.00. The highest BCUT2D eigenvalue weighted by molar-refractivity contribution is 5.12. The molecule has 182 valence electrons. The zero-order valence-corrected chi connectivity index (χ0v) is 24.1. The maximum Gasteiger partial charge on any atom is 0.169 e. The molecule has 0 amide bonds. The minimum Gasteiger partial charge on any atom is -1.00 e. The molecular weight excluding hydrogens is 524 g/mol. The van der Waals surface area contributed by atoms with Crippen molar-refractivity contribution in [1.29, 1.82) is 0 Å². The zero-order valence-electron chi connectivity index (χ0n) is 20.9. The van der Waals surface area contributed by atoms with Gasteiger partial charge in [0.2, 0.25) is 0 Å². The van der Waals surface area contributed by atoms with Crippen LogP contribution in [0.4, 0.5) is 0 Å². The molecule has 0 aliphatic rings. The quantitative estimate of drug-likeness (QED) is 0.224. The highest BCUT2D eigenvalue weighted by Gasteiger charge is 2.05. The lowest BCUT2D eigenvalue weighted by Gasteiger charge is -2.04. The van der Waals surface area contributed by atoms with Gasteiger partial charge >= 0.3 is 0 Å². The van der Waals surface area contributed by atoms with E-state index in [9.17, 15) is 0 Å². The summed E-state index contributed by atoms with van der Waals surface area (Å²) in [7, 11) is 0. The van der Waals surface area contributed by atoms with Crippen molar-refractivity contribution < 1.29 is 43.1 Å². The second kappa shape index (κ2) is 18.7. The van der Waals surface area contributed by atoms with Gasteiger partial charge in [-0.3, -0.25) is 0 Å². The van der Waals surface area contributed by atoms with Crippen molar-refractivity contribution in [2.24, 2.45) is 0 Å². The molecule has 0 N–H and O–H groups in total. The first-order valence-corrected chi connectivity index (χ1v) is 12.5. The summed E-state index contributed by atoms with van der Waals surface area (Å²) < 4.78 is 4.67. The first-order valence-electron chi connectivity index (χ1n) is 12.5. The van der Waals surface area contributed by atoms with E-state index >= 15 is 0 Å². The highest BCUT2D eigenvalue weighted by atomic mass is 79.9. The fourth-order valence-electron chi connectivity index (χ4n) is 4.01. The smallest absolute Gasteiger partial charge is 0.169 e. The van der Waals surface area contributed by atoms with Crippen molar-refractivity contribution in [2.75, 3.05) is 0 Å². The van der Waals surface area contributed by atoms with E-state index in [4.69, 9.17) is 0 Å². The molecule has 2 heterocycles. The predicted octanol–water partition coefficient (Wildman–Crippen LogP) is 1.12. The van der Waals surface area contributed by atoms with Crippen LogP contribution in [0, 0.1) is 0 Å². The van der Waals surface area contributed by atoms with E-state index in [-0.39, 0.29) is 34.0 Å². The van der Waals surface area contributed by atoms with Crippen LogP contribution in [0.5, 0.6) is 0 Å². The molecule has 2 aromatic rings. The third-order valence-electron chi connectivity index (χ3n) is 6.25. The molecule has 0 aliphatic carbocycles. The van der Waals surface area contributed by atoms with E-state index in [1.165, 1.54) is 75.3 Å². The molecule has 0 aliphatic heterocycles. The van der Waals surface area contributed by atoms with Crippen LogP contribution in [0.25, 0.3) is 0 Å². The molecule has 32 heavy (non-hydrogen) atoms. The van der Waals surface area contributed by atoms with Gasteiger partial charge in [-0.05, 0) is 35.8 Å². The van der Waals surface area contributed by atoms with Crippen LogP contribution >= 0.6 is 0 Å². The maximum absolute atomic E-state index is 2.34. The molecule has 0 bridgehead atoms. The number of aryl methyl sites for hydroxylation is 2. The van der Waals surface area contributed by atoms with Gasteiger partial charge in [-0.2, -0.15) is 0 Å². The number of aromatic nitrogens is 2. The minimum atomic E-state index is 0. The van der Waals surface area contributed by atoms with E-state index in [0.29, 0.717) is 11.8 Å². The number of rotatable bonds is 15. The Hall–Kier alpha value is -0.740. The molecule has 0 radical (unpaired) electrons. The lowest BCUT2D eigenvalue weighted by atomic mass is 10.1. The van der Waals surface area contributed by atoms with Crippen LogP contribution in [0.1, 0.15) is 115 Å². The van der Waals surface area contributed by atoms with Gasteiger partial charge in [0.05, 0.1) is 0 Å². The summed E-state index contributed by atoms with van der Waals surface area (Å²) in [6, 6.07) is 9.08. The second-order valence-electron chi connectivity index (χ2n) is 9.58. The summed E-state index contributed by atoms with van der Waals surface area (Å²) in [5, 5.41) is 0. The maximum atomic E-state index is 2.34. The second-order valence-corrected chi connectivity index (χ2v) is 9.58. The predicted molar refractivity (Wildman–Crippen MR) is 128 cm³/mol. The van der Waals surface area contributed by atoms with Crippen molar-refractivity contribution in [3.63, 3.8) is 0 Å². The first kappa shape index (κ1) is 31.3. The van der Waals surface area contributed by atoms with Gasteiger partial charge in [-0.25, -0.2) is 9.13 Å². The van der Waals surface area contributed by atoms with Crippen molar-refractivity contribution in [3.05, 3.63) is 60.2 Å². The van der Waals surface area contributed by atoms with Gasteiger partial charge in [-0.1, -0.05) is 66.2 Å². The van der Waals surface area contributed by atoms with Gasteiger partial charge in [0.1, 0.15) is 13.1 Å². The first-order chi connectivity index (χ1) is 14.6. The topological polar surface area (TPSA) is 7.76 Å². The van der Waals surface area contributed by atoms with Gasteiger partial charge in [0, 0.05) is 37.1 Å². The fourth-order valence-corrected chi connectivity index (χ4v) is 4.01. The molecule has 0 spiro atoms. The third-order valence-corrected chi connectivity index (χ3v) is 6.25. The molecular formula is C28H46Br2N2. The van der Waals surface area contributed by atoms with Crippen LogP contribution in [-0.4, -0.2) is 0 Å². The summed E-state index contributed by atoms with van der Waals surface area (Å²) in [6.45, 7) is 11.3. The standard InChI is InChI=1S/C28H46N2.2BrH/c1-25(2)27-15-21-29(22-16-27)19-13-11-9-7-5-6-8-10-12-14-20-30-23-17-28(18-24-30)26(3)4;;/h15-18,21-26H,5-14,19-20H2,1-4H3;2*1H/q+2;;/p-2.